The summed E-state index contributed by atoms with van der Waals surface area (Å²) < 4.78 is 40.6. The molecule has 0 amide bonds. The van der Waals surface area contributed by atoms with Gasteiger partial charge in [-0.05, 0) is 60.5 Å². The fourth-order valence-electron chi connectivity index (χ4n) is 3.54. The minimum absolute atomic E-state index is 0.0920. The third-order valence-corrected chi connectivity index (χ3v) is 7.03. The molecule has 0 aliphatic rings. The molecule has 0 aliphatic heterocycles. The zero-order chi connectivity index (χ0) is 25.4. The lowest BCUT2D eigenvalue weighted by Gasteiger charge is -2.23. The summed E-state index contributed by atoms with van der Waals surface area (Å²) >= 11 is 0. The minimum Gasteiger partial charge on any atom is -0.482 e. The summed E-state index contributed by atoms with van der Waals surface area (Å²) in [6, 6.07) is 19.5. The molecule has 9 nitrogen and oxygen atoms in total. The maximum Gasteiger partial charge on any atom is 0.344 e. The van der Waals surface area contributed by atoms with E-state index in [-0.39, 0.29) is 31.2 Å². The molecule has 2 aromatic heterocycles. The van der Waals surface area contributed by atoms with E-state index in [1.807, 2.05) is 42.6 Å². The number of nitrogens with zero attached hydrogens (tertiary/aromatic N) is 4. The highest BCUT2D eigenvalue weighted by atomic mass is 32.2. The molecule has 0 atom stereocenters. The van der Waals surface area contributed by atoms with Gasteiger partial charge in [-0.25, -0.2) is 17.9 Å². The molecule has 186 valence electrons. The van der Waals surface area contributed by atoms with Crippen LogP contribution < -0.4 is 4.74 Å². The lowest BCUT2D eigenvalue weighted by molar-refractivity contribution is -0.145. The fourth-order valence-corrected chi connectivity index (χ4v) is 4.92. The van der Waals surface area contributed by atoms with Gasteiger partial charge in [0.15, 0.2) is 6.61 Å². The third kappa shape index (κ3) is 6.35. The summed E-state index contributed by atoms with van der Waals surface area (Å²) in [6.07, 6.45) is 6.40. The van der Waals surface area contributed by atoms with Crippen molar-refractivity contribution < 1.29 is 22.7 Å². The first-order valence-corrected chi connectivity index (χ1v) is 12.8. The number of esters is 1. The molecule has 0 aliphatic carbocycles. The highest BCUT2D eigenvalue weighted by Gasteiger charge is 2.25. The molecule has 2 heterocycles. The average Bonchev–Trinajstić information content (AvgIpc) is 3.44. The van der Waals surface area contributed by atoms with Crippen LogP contribution in [0.2, 0.25) is 0 Å². The topological polar surface area (TPSA) is 104 Å². The van der Waals surface area contributed by atoms with Crippen LogP contribution in [-0.4, -0.2) is 46.7 Å². The number of benzene rings is 2. The van der Waals surface area contributed by atoms with Crippen LogP contribution in [0.5, 0.6) is 5.75 Å². The summed E-state index contributed by atoms with van der Waals surface area (Å²) in [5.41, 5.74) is 2.39. The predicted octanol–water partition coefficient (Wildman–Crippen LogP) is 3.60. The van der Waals surface area contributed by atoms with Crippen molar-refractivity contribution in [1.29, 1.82) is 0 Å². The van der Waals surface area contributed by atoms with Crippen molar-refractivity contribution in [2.24, 2.45) is 0 Å². The zero-order valence-corrected chi connectivity index (χ0v) is 20.5. The first-order valence-electron chi connectivity index (χ1n) is 11.3. The van der Waals surface area contributed by atoms with Crippen molar-refractivity contribution >= 4 is 16.0 Å². The van der Waals surface area contributed by atoms with Crippen LogP contribution in [0.25, 0.3) is 5.69 Å². The molecule has 0 bridgehead atoms. The molecule has 36 heavy (non-hydrogen) atoms. The van der Waals surface area contributed by atoms with Gasteiger partial charge in [0.25, 0.3) is 0 Å². The van der Waals surface area contributed by atoms with Crippen LogP contribution in [0.1, 0.15) is 18.1 Å². The summed E-state index contributed by atoms with van der Waals surface area (Å²) in [5, 5.41) is 4.22. The summed E-state index contributed by atoms with van der Waals surface area (Å²) in [5.74, 6) is -0.0231. The quantitative estimate of drug-likeness (QED) is 0.286. The van der Waals surface area contributed by atoms with Gasteiger partial charge in [0.05, 0.1) is 12.3 Å². The molecule has 0 unspecified atom stereocenters. The van der Waals surface area contributed by atoms with Gasteiger partial charge >= 0.3 is 5.97 Å². The second-order valence-corrected chi connectivity index (χ2v) is 9.76. The summed E-state index contributed by atoms with van der Waals surface area (Å²) in [4.78, 5) is 15.7. The van der Waals surface area contributed by atoms with Gasteiger partial charge in [-0.3, -0.25) is 4.98 Å². The Balaban J connectivity index is 1.57. The van der Waals surface area contributed by atoms with E-state index in [1.54, 1.807) is 42.1 Å². The third-order valence-electron chi connectivity index (χ3n) is 5.26. The van der Waals surface area contributed by atoms with Crippen molar-refractivity contribution in [2.75, 3.05) is 13.2 Å². The van der Waals surface area contributed by atoms with Crippen molar-refractivity contribution in [2.45, 2.75) is 24.9 Å². The van der Waals surface area contributed by atoms with Gasteiger partial charge in [0.1, 0.15) is 10.6 Å². The SMILES string of the molecule is CCOC(=O)COc1cccc(CN(Cc2ccc(-n3cccn3)cc2)S(=O)(=O)c2cccnc2)c1. The Hall–Kier alpha value is -4.02. The predicted molar refractivity (Wildman–Crippen MR) is 133 cm³/mol. The van der Waals surface area contributed by atoms with E-state index in [9.17, 15) is 13.2 Å². The lowest BCUT2D eigenvalue weighted by atomic mass is 10.2. The number of hydrogen-bond donors (Lipinski definition) is 0. The van der Waals surface area contributed by atoms with Crippen molar-refractivity contribution in [3.63, 3.8) is 0 Å². The molecule has 0 saturated heterocycles. The Morgan fingerprint density at radius 1 is 0.972 bits per heavy atom. The average molecular weight is 507 g/mol. The molecule has 0 saturated carbocycles. The first kappa shape index (κ1) is 25.1. The van der Waals surface area contributed by atoms with Crippen LogP contribution in [0.3, 0.4) is 0 Å². The van der Waals surface area contributed by atoms with Gasteiger partial charge in [-0.2, -0.15) is 9.40 Å². The van der Waals surface area contributed by atoms with Crippen LogP contribution in [0.15, 0.2) is 96.4 Å². The largest absolute Gasteiger partial charge is 0.482 e. The number of sulfonamides is 1. The van der Waals surface area contributed by atoms with Gasteiger partial charge in [-0.1, -0.05) is 24.3 Å². The minimum atomic E-state index is -3.86. The van der Waals surface area contributed by atoms with E-state index in [0.717, 1.165) is 11.3 Å². The van der Waals surface area contributed by atoms with Crippen LogP contribution in [0.4, 0.5) is 0 Å². The molecule has 4 rings (SSSR count). The fraction of sp³-hybridized carbons (Fsp3) is 0.192. The molecule has 0 radical (unpaired) electrons. The normalized spacial score (nSPS) is 11.4. The van der Waals surface area contributed by atoms with Gasteiger partial charge in [-0.15, -0.1) is 0 Å². The monoisotopic (exact) mass is 506 g/mol. The van der Waals surface area contributed by atoms with Crippen LogP contribution in [-0.2, 0) is 32.6 Å². The van der Waals surface area contributed by atoms with E-state index in [2.05, 4.69) is 10.1 Å². The van der Waals surface area contributed by atoms with E-state index in [1.165, 1.54) is 22.8 Å². The number of carbonyl (C=O) groups is 1. The second kappa shape index (κ2) is 11.6. The number of rotatable bonds is 11. The van der Waals surface area contributed by atoms with E-state index >= 15 is 0 Å². The van der Waals surface area contributed by atoms with E-state index < -0.39 is 16.0 Å². The number of hydrogen-bond acceptors (Lipinski definition) is 7. The molecule has 2 aromatic carbocycles. The second-order valence-electron chi connectivity index (χ2n) is 7.82. The molecule has 4 aromatic rings. The molecule has 10 heteroatoms. The van der Waals surface area contributed by atoms with Gasteiger partial charge < -0.3 is 9.47 Å². The smallest absolute Gasteiger partial charge is 0.344 e. The van der Waals surface area contributed by atoms with Crippen LogP contribution >= 0.6 is 0 Å². The molecular formula is C26H26N4O5S. The Labute approximate surface area is 210 Å². The number of carbonyl (C=O) groups excluding carboxylic acids is 1. The maximum atomic E-state index is 13.5. The van der Waals surface area contributed by atoms with Crippen molar-refractivity contribution in [1.82, 2.24) is 19.1 Å². The standard InChI is InChI=1S/C26H26N4O5S/c1-2-34-26(31)20-35-24-7-3-6-22(16-24)19-29(36(32,33)25-8-4-13-27-17-25)18-21-9-11-23(12-10-21)30-15-5-14-28-30/h3-17H,2,18-20H2,1H3. The van der Waals surface area contributed by atoms with E-state index in [4.69, 9.17) is 9.47 Å². The van der Waals surface area contributed by atoms with E-state index in [0.29, 0.717) is 11.3 Å². The van der Waals surface area contributed by atoms with Gasteiger partial charge in [0.2, 0.25) is 10.0 Å². The Morgan fingerprint density at radius 3 is 2.47 bits per heavy atom. The lowest BCUT2D eigenvalue weighted by Crippen LogP contribution is -2.30. The molecular weight excluding hydrogens is 480 g/mol. The highest BCUT2D eigenvalue weighted by Crippen LogP contribution is 2.23. The molecule has 0 N–H and O–H groups in total. The summed E-state index contributed by atoms with van der Waals surface area (Å²) in [7, 11) is -3.86. The number of aromatic nitrogens is 3. The first-order chi connectivity index (χ1) is 17.5. The van der Waals surface area contributed by atoms with Crippen molar-refractivity contribution in [3.05, 3.63) is 103 Å². The zero-order valence-electron chi connectivity index (χ0n) is 19.7. The van der Waals surface area contributed by atoms with Gasteiger partial charge in [0, 0.05) is 37.9 Å². The Morgan fingerprint density at radius 2 is 1.78 bits per heavy atom. The summed E-state index contributed by atoms with van der Waals surface area (Å²) in [6.45, 7) is 2.00. The number of pyridine rings is 1. The maximum absolute atomic E-state index is 13.5. The Bertz CT molecular complexity index is 1380. The Kier molecular flexibility index (Phi) is 8.09. The highest BCUT2D eigenvalue weighted by molar-refractivity contribution is 7.89. The molecule has 0 fully saturated rings. The molecule has 0 spiro atoms. The van der Waals surface area contributed by atoms with Crippen LogP contribution in [0, 0.1) is 0 Å². The van der Waals surface area contributed by atoms with Crippen molar-refractivity contribution in [3.8, 4) is 11.4 Å². The number of ether oxygens (including phenoxy) is 2.